The summed E-state index contributed by atoms with van der Waals surface area (Å²) in [5.41, 5.74) is 0.326. The van der Waals surface area contributed by atoms with Crippen molar-refractivity contribution in [3.63, 3.8) is 0 Å². The van der Waals surface area contributed by atoms with Crippen LogP contribution in [-0.4, -0.2) is 16.7 Å². The lowest BCUT2D eigenvalue weighted by atomic mass is 9.93. The van der Waals surface area contributed by atoms with Crippen molar-refractivity contribution >= 4 is 40.2 Å². The number of thiocarbonyl (C=S) groups is 1. The Bertz CT molecular complexity index is 883. The van der Waals surface area contributed by atoms with E-state index in [1.54, 1.807) is 32.2 Å². The summed E-state index contributed by atoms with van der Waals surface area (Å²) < 4.78 is 47.5. The molecule has 0 saturated heterocycles. The fourth-order valence-electron chi connectivity index (χ4n) is 2.73. The predicted octanol–water partition coefficient (Wildman–Crippen LogP) is 5.87. The molecule has 130 valence electrons. The monoisotopic (exact) mass is 380 g/mol. The van der Waals surface area contributed by atoms with Crippen LogP contribution in [0.4, 0.5) is 13.2 Å². The van der Waals surface area contributed by atoms with E-state index in [-0.39, 0.29) is 11.4 Å². The van der Waals surface area contributed by atoms with Crippen molar-refractivity contribution < 1.29 is 17.9 Å². The van der Waals surface area contributed by atoms with Crippen molar-refractivity contribution in [2.24, 2.45) is 0 Å². The predicted molar refractivity (Wildman–Crippen MR) is 99.1 cm³/mol. The highest BCUT2D eigenvalue weighted by Gasteiger charge is 2.39. The highest BCUT2D eigenvalue weighted by molar-refractivity contribution is 7.98. The number of rotatable bonds is 3. The third kappa shape index (κ3) is 3.33. The largest absolute Gasteiger partial charge is 0.481 e. The number of ether oxygens (including phenoxy) is 1. The highest BCUT2D eigenvalue weighted by Crippen LogP contribution is 2.43. The molecule has 0 radical (unpaired) electrons. The minimum Gasteiger partial charge on any atom is -0.481 e. The van der Waals surface area contributed by atoms with Crippen LogP contribution < -0.4 is 0 Å². The van der Waals surface area contributed by atoms with Gasteiger partial charge in [-0.1, -0.05) is 12.2 Å². The molecule has 2 aromatic carbocycles. The van der Waals surface area contributed by atoms with E-state index in [1.165, 1.54) is 30.0 Å². The number of benzene rings is 2. The van der Waals surface area contributed by atoms with Gasteiger partial charge in [0.1, 0.15) is 28.8 Å². The Morgan fingerprint density at radius 3 is 2.16 bits per heavy atom. The zero-order valence-electron chi connectivity index (χ0n) is 13.8. The molecule has 0 aromatic heterocycles. The molecule has 0 saturated carbocycles. The van der Waals surface area contributed by atoms with Gasteiger partial charge in [0.2, 0.25) is 0 Å². The van der Waals surface area contributed by atoms with Crippen LogP contribution in [0.3, 0.4) is 0 Å². The van der Waals surface area contributed by atoms with Crippen molar-refractivity contribution in [2.75, 3.05) is 6.26 Å². The number of hydrogen-bond acceptors (Lipinski definition) is 3. The summed E-state index contributed by atoms with van der Waals surface area (Å²) in [6.07, 6.45) is 1.78. The fraction of sp³-hybridized carbons (Fsp3) is 0.211. The topological polar surface area (TPSA) is 9.23 Å². The summed E-state index contributed by atoms with van der Waals surface area (Å²) >= 11 is 6.77. The van der Waals surface area contributed by atoms with Gasteiger partial charge in [-0.3, -0.25) is 0 Å². The summed E-state index contributed by atoms with van der Waals surface area (Å²) in [4.78, 5) is 0.921. The molecule has 1 aliphatic rings. The van der Waals surface area contributed by atoms with Gasteiger partial charge in [0.05, 0.1) is 4.86 Å². The second-order valence-electron chi connectivity index (χ2n) is 6.15. The first-order valence-corrected chi connectivity index (χ1v) is 9.14. The normalized spacial score (nSPS) is 16.3. The number of thioether (sulfide) groups is 1. The lowest BCUT2D eigenvalue weighted by molar-refractivity contribution is 0.160. The zero-order valence-corrected chi connectivity index (χ0v) is 15.5. The van der Waals surface area contributed by atoms with Gasteiger partial charge in [-0.25, -0.2) is 13.2 Å². The summed E-state index contributed by atoms with van der Waals surface area (Å²) in [5.74, 6) is -1.48. The Morgan fingerprint density at radius 1 is 0.960 bits per heavy atom. The molecule has 25 heavy (non-hydrogen) atoms. The quantitative estimate of drug-likeness (QED) is 0.487. The van der Waals surface area contributed by atoms with Crippen LogP contribution in [0.2, 0.25) is 0 Å². The van der Waals surface area contributed by atoms with Gasteiger partial charge >= 0.3 is 0 Å². The molecule has 0 aliphatic carbocycles. The van der Waals surface area contributed by atoms with E-state index in [0.29, 0.717) is 26.7 Å². The van der Waals surface area contributed by atoms with E-state index in [9.17, 15) is 13.2 Å². The van der Waals surface area contributed by atoms with E-state index in [0.717, 1.165) is 6.07 Å². The van der Waals surface area contributed by atoms with Crippen molar-refractivity contribution in [1.82, 2.24) is 0 Å². The van der Waals surface area contributed by atoms with Gasteiger partial charge in [-0.15, -0.1) is 11.8 Å². The fourth-order valence-corrected chi connectivity index (χ4v) is 3.44. The van der Waals surface area contributed by atoms with E-state index >= 15 is 0 Å². The maximum Gasteiger partial charge on any atom is 0.139 e. The summed E-state index contributed by atoms with van der Waals surface area (Å²) in [5, 5.41) is 0. The van der Waals surface area contributed by atoms with Crippen molar-refractivity contribution in [3.05, 3.63) is 65.0 Å². The lowest BCUT2D eigenvalue weighted by Crippen LogP contribution is -2.27. The van der Waals surface area contributed by atoms with Gasteiger partial charge in [0, 0.05) is 22.1 Å². The molecular weight excluding hydrogens is 365 g/mol. The third-order valence-corrected chi connectivity index (χ3v) is 5.39. The van der Waals surface area contributed by atoms with Crippen LogP contribution in [0.25, 0.3) is 11.3 Å². The lowest BCUT2D eigenvalue weighted by Gasteiger charge is -2.20. The average Bonchev–Trinajstić information content (AvgIpc) is 2.76. The van der Waals surface area contributed by atoms with Crippen LogP contribution in [0.5, 0.6) is 0 Å². The van der Waals surface area contributed by atoms with Gasteiger partial charge in [0.25, 0.3) is 0 Å². The zero-order chi connectivity index (χ0) is 18.4. The number of halogens is 3. The SMILES string of the molecule is CSc1ccc(C2=C(c3cc(F)cc(F)c3)C(=S)C(C)(C)O2)cc1F. The minimum atomic E-state index is -0.836. The van der Waals surface area contributed by atoms with E-state index < -0.39 is 17.2 Å². The Morgan fingerprint density at radius 2 is 1.60 bits per heavy atom. The smallest absolute Gasteiger partial charge is 0.139 e. The summed E-state index contributed by atoms with van der Waals surface area (Å²) in [7, 11) is 0. The highest BCUT2D eigenvalue weighted by atomic mass is 32.2. The van der Waals surface area contributed by atoms with Crippen LogP contribution >= 0.6 is 24.0 Å². The summed E-state index contributed by atoms with van der Waals surface area (Å²) in [6, 6.07) is 7.89. The molecule has 2 aromatic rings. The number of hydrogen-bond donors (Lipinski definition) is 0. The Labute approximate surface area is 153 Å². The molecule has 0 bridgehead atoms. The molecular formula is C19H15F3OS2. The molecule has 1 nitrogen and oxygen atoms in total. The maximum absolute atomic E-state index is 14.2. The summed E-state index contributed by atoms with van der Waals surface area (Å²) in [6.45, 7) is 3.54. The van der Waals surface area contributed by atoms with Crippen LogP contribution in [-0.2, 0) is 4.74 Å². The third-order valence-electron chi connectivity index (χ3n) is 3.92. The molecule has 1 aliphatic heterocycles. The Kier molecular flexibility index (Phi) is 4.68. The van der Waals surface area contributed by atoms with Crippen LogP contribution in [0.15, 0.2) is 41.3 Å². The van der Waals surface area contributed by atoms with Crippen molar-refractivity contribution in [3.8, 4) is 0 Å². The molecule has 0 amide bonds. The molecule has 0 atom stereocenters. The Hall–Kier alpha value is -1.79. The van der Waals surface area contributed by atoms with E-state index in [4.69, 9.17) is 17.0 Å². The molecule has 1 heterocycles. The molecule has 0 N–H and O–H groups in total. The van der Waals surface area contributed by atoms with Gasteiger partial charge < -0.3 is 4.74 Å². The van der Waals surface area contributed by atoms with E-state index in [2.05, 4.69) is 0 Å². The van der Waals surface area contributed by atoms with Crippen LogP contribution in [0.1, 0.15) is 25.0 Å². The first-order valence-electron chi connectivity index (χ1n) is 7.51. The van der Waals surface area contributed by atoms with Crippen LogP contribution in [0, 0.1) is 17.5 Å². The van der Waals surface area contributed by atoms with Gasteiger partial charge in [-0.05, 0) is 56.0 Å². The molecule has 0 fully saturated rings. The van der Waals surface area contributed by atoms with E-state index in [1.807, 2.05) is 0 Å². The second-order valence-corrected chi connectivity index (χ2v) is 7.41. The molecule has 6 heteroatoms. The van der Waals surface area contributed by atoms with Gasteiger partial charge in [0.15, 0.2) is 0 Å². The van der Waals surface area contributed by atoms with Crippen molar-refractivity contribution in [2.45, 2.75) is 24.3 Å². The second kappa shape index (κ2) is 6.50. The molecule has 0 unspecified atom stereocenters. The maximum atomic E-state index is 14.2. The van der Waals surface area contributed by atoms with Gasteiger partial charge in [-0.2, -0.15) is 0 Å². The minimum absolute atomic E-state index is 0.275. The Balaban J connectivity index is 2.23. The average molecular weight is 380 g/mol. The van der Waals surface area contributed by atoms with Crippen molar-refractivity contribution in [1.29, 1.82) is 0 Å². The standard InChI is InChI=1S/C19H15F3OS2/c1-19(2)18(24)16(11-6-12(20)9-13(21)7-11)17(23-19)10-4-5-15(25-3)14(22)8-10/h4-9H,1-3H3. The molecule has 0 spiro atoms. The molecule has 3 rings (SSSR count). The first-order chi connectivity index (χ1) is 11.7. The first kappa shape index (κ1) is 18.0.